The lowest BCUT2D eigenvalue weighted by atomic mass is 10.0. The van der Waals surface area contributed by atoms with Crippen LogP contribution in [-0.2, 0) is 6.54 Å². The highest BCUT2D eigenvalue weighted by Gasteiger charge is 2.27. The molecule has 0 spiro atoms. The first kappa shape index (κ1) is 22.8. The van der Waals surface area contributed by atoms with Crippen LogP contribution >= 0.6 is 11.8 Å². The molecule has 0 saturated heterocycles. The number of para-hydroxylation sites is 1. The molecule has 0 atom stereocenters. The first-order valence-electron chi connectivity index (χ1n) is 11.1. The molecule has 1 aliphatic heterocycles. The molecular formula is C28H22FN3O2S. The number of hydrogen-bond donors (Lipinski definition) is 1. The van der Waals surface area contributed by atoms with E-state index in [9.17, 15) is 14.0 Å². The van der Waals surface area contributed by atoms with Crippen molar-refractivity contribution in [1.82, 2.24) is 4.98 Å². The third-order valence-electron chi connectivity index (χ3n) is 5.95. The van der Waals surface area contributed by atoms with E-state index in [0.29, 0.717) is 23.4 Å². The van der Waals surface area contributed by atoms with E-state index in [-0.39, 0.29) is 11.5 Å². The summed E-state index contributed by atoms with van der Waals surface area (Å²) in [5, 5.41) is 3.70. The molecule has 4 aromatic rings. The highest BCUT2D eigenvalue weighted by atomic mass is 32.2. The van der Waals surface area contributed by atoms with Gasteiger partial charge in [-0.05, 0) is 73.5 Å². The Morgan fingerprint density at radius 2 is 1.77 bits per heavy atom. The second kappa shape index (κ2) is 9.35. The van der Waals surface area contributed by atoms with E-state index < -0.39 is 11.7 Å². The molecule has 5 rings (SSSR count). The first-order valence-corrected chi connectivity index (χ1v) is 11.9. The van der Waals surface area contributed by atoms with Crippen LogP contribution in [0.1, 0.15) is 37.4 Å². The van der Waals surface area contributed by atoms with E-state index >= 15 is 0 Å². The second-order valence-corrected chi connectivity index (χ2v) is 9.40. The Kier molecular flexibility index (Phi) is 6.09. The summed E-state index contributed by atoms with van der Waals surface area (Å²) in [6.07, 6.45) is 1.76. The van der Waals surface area contributed by atoms with E-state index in [4.69, 9.17) is 0 Å². The second-order valence-electron chi connectivity index (χ2n) is 8.37. The van der Waals surface area contributed by atoms with Crippen molar-refractivity contribution < 1.29 is 14.0 Å². The quantitative estimate of drug-likeness (QED) is 0.366. The lowest BCUT2D eigenvalue weighted by Crippen LogP contribution is -2.31. The Bertz CT molecular complexity index is 1470. The minimum atomic E-state index is -0.467. The summed E-state index contributed by atoms with van der Waals surface area (Å²) in [7, 11) is 0. The Labute approximate surface area is 207 Å². The van der Waals surface area contributed by atoms with E-state index in [2.05, 4.69) is 10.3 Å². The van der Waals surface area contributed by atoms with E-state index in [1.165, 1.54) is 12.1 Å². The highest BCUT2D eigenvalue weighted by Crippen LogP contribution is 2.40. The number of carbonyl (C=O) groups excluding carboxylic acids is 2. The molecule has 0 aliphatic carbocycles. The highest BCUT2D eigenvalue weighted by molar-refractivity contribution is 7.99. The van der Waals surface area contributed by atoms with Crippen molar-refractivity contribution in [1.29, 1.82) is 0 Å². The van der Waals surface area contributed by atoms with Crippen molar-refractivity contribution in [2.24, 2.45) is 0 Å². The number of pyridine rings is 1. The molecule has 0 fully saturated rings. The fourth-order valence-corrected chi connectivity index (χ4v) is 5.12. The van der Waals surface area contributed by atoms with Crippen molar-refractivity contribution in [3.05, 3.63) is 113 Å². The maximum absolute atomic E-state index is 13.8. The number of carbonyl (C=O) groups is 2. The fraction of sp³-hybridized carbons (Fsp3) is 0.107. The standard InChI is InChI=1S/C28H22FN3O2S/c1-17-9-10-20(29)15-23(17)26(33)31-21-11-12-22(18(2)14-21)28(34)32-16-19-6-5-13-30-27(19)35-25-8-4-3-7-24(25)32/h3-15H,16H2,1-2H3,(H,31,33). The molecule has 7 heteroatoms. The van der Waals surface area contributed by atoms with Gasteiger partial charge < -0.3 is 10.2 Å². The lowest BCUT2D eigenvalue weighted by Gasteiger charge is -2.24. The molecule has 2 heterocycles. The molecule has 5 nitrogen and oxygen atoms in total. The number of benzene rings is 3. The maximum atomic E-state index is 13.8. The number of fused-ring (bicyclic) bond motifs is 2. The SMILES string of the molecule is Cc1ccc(F)cc1C(=O)Nc1ccc(C(=O)N2Cc3cccnc3Sc3ccccc32)c(C)c1. The largest absolute Gasteiger partial charge is 0.322 e. The van der Waals surface area contributed by atoms with Gasteiger partial charge in [-0.25, -0.2) is 9.37 Å². The fourth-order valence-electron chi connectivity index (χ4n) is 4.11. The van der Waals surface area contributed by atoms with Gasteiger partial charge >= 0.3 is 0 Å². The van der Waals surface area contributed by atoms with Crippen molar-refractivity contribution in [2.75, 3.05) is 10.2 Å². The van der Waals surface area contributed by atoms with Crippen LogP contribution in [0, 0.1) is 19.7 Å². The van der Waals surface area contributed by atoms with Crippen LogP contribution < -0.4 is 10.2 Å². The zero-order chi connectivity index (χ0) is 24.5. The van der Waals surface area contributed by atoms with Crippen LogP contribution in [0.25, 0.3) is 0 Å². The molecule has 1 N–H and O–H groups in total. The summed E-state index contributed by atoms with van der Waals surface area (Å²) < 4.78 is 13.6. The predicted octanol–water partition coefficient (Wildman–Crippen LogP) is 6.40. The minimum absolute atomic E-state index is 0.133. The molecule has 0 saturated carbocycles. The van der Waals surface area contributed by atoms with Crippen molar-refractivity contribution in [3.63, 3.8) is 0 Å². The predicted molar refractivity (Wildman–Crippen MR) is 136 cm³/mol. The summed E-state index contributed by atoms with van der Waals surface area (Å²) >= 11 is 1.55. The van der Waals surface area contributed by atoms with Gasteiger partial charge in [0.1, 0.15) is 10.8 Å². The average Bonchev–Trinajstić information content (AvgIpc) is 3.02. The van der Waals surface area contributed by atoms with Crippen LogP contribution in [0.2, 0.25) is 0 Å². The molecule has 35 heavy (non-hydrogen) atoms. The monoisotopic (exact) mass is 483 g/mol. The van der Waals surface area contributed by atoms with Gasteiger partial charge in [0.25, 0.3) is 11.8 Å². The first-order chi connectivity index (χ1) is 16.9. The Hall–Kier alpha value is -3.97. The van der Waals surface area contributed by atoms with Crippen LogP contribution in [0.5, 0.6) is 0 Å². The van der Waals surface area contributed by atoms with E-state index in [1.54, 1.807) is 54.0 Å². The van der Waals surface area contributed by atoms with Gasteiger partial charge in [-0.15, -0.1) is 0 Å². The molecule has 0 radical (unpaired) electrons. The Balaban J connectivity index is 1.44. The number of aryl methyl sites for hydroxylation is 2. The van der Waals surface area contributed by atoms with Crippen LogP contribution in [0.15, 0.2) is 88.9 Å². The summed E-state index contributed by atoms with van der Waals surface area (Å²) in [5.41, 5.74) is 4.57. The van der Waals surface area contributed by atoms with Gasteiger partial charge in [0.15, 0.2) is 0 Å². The molecule has 1 aliphatic rings. The lowest BCUT2D eigenvalue weighted by molar-refractivity contribution is 0.0983. The number of rotatable bonds is 3. The van der Waals surface area contributed by atoms with E-state index in [0.717, 1.165) is 26.7 Å². The number of anilines is 2. The number of nitrogens with zero attached hydrogens (tertiary/aromatic N) is 2. The average molecular weight is 484 g/mol. The molecule has 174 valence electrons. The van der Waals surface area contributed by atoms with Gasteiger partial charge in [-0.1, -0.05) is 36.0 Å². The molecular weight excluding hydrogens is 461 g/mol. The molecule has 2 amide bonds. The number of hydrogen-bond acceptors (Lipinski definition) is 4. The zero-order valence-electron chi connectivity index (χ0n) is 19.2. The summed E-state index contributed by atoms with van der Waals surface area (Å²) in [6, 6.07) is 21.0. The molecule has 1 aromatic heterocycles. The number of amides is 2. The van der Waals surface area contributed by atoms with Crippen molar-refractivity contribution >= 4 is 35.0 Å². The third kappa shape index (κ3) is 4.55. The minimum Gasteiger partial charge on any atom is -0.322 e. The third-order valence-corrected chi connectivity index (χ3v) is 7.07. The zero-order valence-corrected chi connectivity index (χ0v) is 20.0. The van der Waals surface area contributed by atoms with Gasteiger partial charge in [0.2, 0.25) is 0 Å². The van der Waals surface area contributed by atoms with Crippen molar-refractivity contribution in [2.45, 2.75) is 30.3 Å². The Morgan fingerprint density at radius 1 is 0.943 bits per heavy atom. The van der Waals surface area contributed by atoms with Crippen LogP contribution in [0.4, 0.5) is 15.8 Å². The van der Waals surface area contributed by atoms with Gasteiger partial charge in [-0.2, -0.15) is 0 Å². The summed E-state index contributed by atoms with van der Waals surface area (Å²) in [6.45, 7) is 4.00. The van der Waals surface area contributed by atoms with E-state index in [1.807, 2.05) is 43.3 Å². The van der Waals surface area contributed by atoms with Gasteiger partial charge in [0, 0.05) is 33.5 Å². The topological polar surface area (TPSA) is 62.3 Å². The van der Waals surface area contributed by atoms with Gasteiger partial charge in [0.05, 0.1) is 12.2 Å². The maximum Gasteiger partial charge on any atom is 0.258 e. The summed E-state index contributed by atoms with van der Waals surface area (Å²) in [5.74, 6) is -1.00. The number of halogens is 1. The smallest absolute Gasteiger partial charge is 0.258 e. The van der Waals surface area contributed by atoms with Gasteiger partial charge in [-0.3, -0.25) is 9.59 Å². The number of nitrogens with one attached hydrogen (secondary N) is 1. The number of aromatic nitrogens is 1. The normalized spacial score (nSPS) is 12.4. The Morgan fingerprint density at radius 3 is 2.60 bits per heavy atom. The summed E-state index contributed by atoms with van der Waals surface area (Å²) in [4.78, 5) is 33.7. The molecule has 3 aromatic carbocycles. The van der Waals surface area contributed by atoms with Crippen LogP contribution in [-0.4, -0.2) is 16.8 Å². The van der Waals surface area contributed by atoms with Crippen molar-refractivity contribution in [3.8, 4) is 0 Å². The molecule has 0 unspecified atom stereocenters. The molecule has 0 bridgehead atoms. The van der Waals surface area contributed by atoms with Crippen LogP contribution in [0.3, 0.4) is 0 Å².